The van der Waals surface area contributed by atoms with Gasteiger partial charge in [-0.1, -0.05) is 49.4 Å². The lowest BCUT2D eigenvalue weighted by atomic mass is 10.1. The maximum atomic E-state index is 12.8. The number of rotatable bonds is 5. The number of benzene rings is 2. The maximum absolute atomic E-state index is 12.8. The monoisotopic (exact) mass is 435 g/mol. The summed E-state index contributed by atoms with van der Waals surface area (Å²) in [5.74, 6) is -0.676. The molecule has 0 unspecified atom stereocenters. The van der Waals surface area contributed by atoms with Gasteiger partial charge in [0.05, 0.1) is 23.1 Å². The molecule has 1 saturated heterocycles. The van der Waals surface area contributed by atoms with Crippen molar-refractivity contribution in [3.63, 3.8) is 0 Å². The Bertz CT molecular complexity index is 1040. The van der Waals surface area contributed by atoms with E-state index in [1.54, 1.807) is 12.1 Å². The topological polar surface area (TPSA) is 70.7 Å². The van der Waals surface area contributed by atoms with Crippen LogP contribution in [0.1, 0.15) is 32.5 Å². The third kappa shape index (κ3) is 4.95. The van der Waals surface area contributed by atoms with Crippen LogP contribution in [0.2, 0.25) is 0 Å². The number of nitrogens with zero attached hydrogens (tertiary/aromatic N) is 1. The van der Waals surface area contributed by atoms with Crippen LogP contribution in [-0.4, -0.2) is 38.1 Å². The van der Waals surface area contributed by atoms with Gasteiger partial charge in [-0.25, -0.2) is 0 Å². The molecule has 4 rings (SSSR count). The number of anilines is 1. The molecule has 0 aliphatic carbocycles. The number of morpholine rings is 1. The number of hydrogen-bond donors (Lipinski definition) is 2. The summed E-state index contributed by atoms with van der Waals surface area (Å²) in [7, 11) is 0. The Hall–Kier alpha value is -3.16. The summed E-state index contributed by atoms with van der Waals surface area (Å²) < 4.78 is 5.48. The molecular formula is C24H25N3O3S. The molecule has 2 N–H and O–H groups in total. The second-order valence-electron chi connectivity index (χ2n) is 7.25. The van der Waals surface area contributed by atoms with Crippen molar-refractivity contribution >= 4 is 28.2 Å². The second kappa shape index (κ2) is 9.76. The molecule has 2 heterocycles. The molecule has 3 aromatic rings. The summed E-state index contributed by atoms with van der Waals surface area (Å²) in [5.41, 5.74) is 8.79. The molecular weight excluding hydrogens is 410 g/mol. The zero-order valence-electron chi connectivity index (χ0n) is 17.4. The highest BCUT2D eigenvalue weighted by atomic mass is 32.1. The number of hydrazine groups is 1. The van der Waals surface area contributed by atoms with Gasteiger partial charge < -0.3 is 9.64 Å². The minimum atomic E-state index is -0.343. The lowest BCUT2D eigenvalue weighted by Crippen LogP contribution is -2.41. The van der Waals surface area contributed by atoms with Crippen LogP contribution < -0.4 is 15.8 Å². The van der Waals surface area contributed by atoms with E-state index < -0.39 is 0 Å². The Kier molecular flexibility index (Phi) is 6.64. The van der Waals surface area contributed by atoms with Crippen molar-refractivity contribution in [1.82, 2.24) is 10.9 Å². The van der Waals surface area contributed by atoms with Gasteiger partial charge in [0.1, 0.15) is 0 Å². The van der Waals surface area contributed by atoms with Gasteiger partial charge in [0.2, 0.25) is 0 Å². The summed E-state index contributed by atoms with van der Waals surface area (Å²) in [4.78, 5) is 28.0. The average Bonchev–Trinajstić information content (AvgIpc) is 3.29. The fraction of sp³-hybridized carbons (Fsp3) is 0.250. The van der Waals surface area contributed by atoms with Crippen LogP contribution in [0.3, 0.4) is 0 Å². The molecule has 0 bridgehead atoms. The van der Waals surface area contributed by atoms with Crippen LogP contribution in [0, 0.1) is 0 Å². The van der Waals surface area contributed by atoms with Gasteiger partial charge in [-0.15, -0.1) is 11.3 Å². The van der Waals surface area contributed by atoms with E-state index in [4.69, 9.17) is 4.74 Å². The predicted octanol–water partition coefficient (Wildman–Crippen LogP) is 3.89. The van der Waals surface area contributed by atoms with E-state index in [0.29, 0.717) is 23.7 Å². The van der Waals surface area contributed by atoms with Crippen LogP contribution in [0.25, 0.3) is 11.1 Å². The lowest BCUT2D eigenvalue weighted by Gasteiger charge is -2.28. The van der Waals surface area contributed by atoms with E-state index in [9.17, 15) is 9.59 Å². The summed E-state index contributed by atoms with van der Waals surface area (Å²) in [6.45, 7) is 4.96. The predicted molar refractivity (Wildman–Crippen MR) is 124 cm³/mol. The summed E-state index contributed by atoms with van der Waals surface area (Å²) >= 11 is 1.43. The number of ether oxygens (including phenoxy) is 1. The van der Waals surface area contributed by atoms with Gasteiger partial charge >= 0.3 is 0 Å². The molecule has 1 aromatic heterocycles. The van der Waals surface area contributed by atoms with Gasteiger partial charge in [0, 0.05) is 24.2 Å². The van der Waals surface area contributed by atoms with Gasteiger partial charge in [-0.05, 0) is 35.7 Å². The quantitative estimate of drug-likeness (QED) is 0.597. The van der Waals surface area contributed by atoms with E-state index in [1.807, 2.05) is 48.5 Å². The number of nitrogens with one attached hydrogen (secondary N) is 2. The average molecular weight is 436 g/mol. The molecule has 31 heavy (non-hydrogen) atoms. The van der Waals surface area contributed by atoms with Crippen LogP contribution in [0.4, 0.5) is 5.00 Å². The van der Waals surface area contributed by atoms with Crippen molar-refractivity contribution in [2.75, 3.05) is 31.2 Å². The Morgan fingerprint density at radius 1 is 0.968 bits per heavy atom. The largest absolute Gasteiger partial charge is 0.378 e. The van der Waals surface area contributed by atoms with Gasteiger partial charge in [0.25, 0.3) is 11.8 Å². The van der Waals surface area contributed by atoms with E-state index in [2.05, 4.69) is 22.7 Å². The second-order valence-corrected chi connectivity index (χ2v) is 8.28. The van der Waals surface area contributed by atoms with Crippen LogP contribution in [-0.2, 0) is 11.2 Å². The SMILES string of the molecule is CCc1ccc(C(=O)NNC(=O)c2cc(-c3ccccc3)c(N3CCOCC3)s2)cc1. The zero-order valence-corrected chi connectivity index (χ0v) is 18.2. The Balaban J connectivity index is 1.50. The smallest absolute Gasteiger partial charge is 0.279 e. The van der Waals surface area contributed by atoms with E-state index in [-0.39, 0.29) is 11.8 Å². The first-order chi connectivity index (χ1) is 15.2. The molecule has 0 spiro atoms. The first-order valence-corrected chi connectivity index (χ1v) is 11.2. The van der Waals surface area contributed by atoms with Crippen molar-refractivity contribution in [3.05, 3.63) is 76.7 Å². The summed E-state index contributed by atoms with van der Waals surface area (Å²) in [6, 6.07) is 19.3. The maximum Gasteiger partial charge on any atom is 0.279 e. The van der Waals surface area contributed by atoms with E-state index in [1.165, 1.54) is 11.3 Å². The minimum Gasteiger partial charge on any atom is -0.378 e. The Labute approximate surface area is 185 Å². The highest BCUT2D eigenvalue weighted by molar-refractivity contribution is 7.18. The third-order valence-electron chi connectivity index (χ3n) is 5.23. The highest BCUT2D eigenvalue weighted by Gasteiger charge is 2.22. The first kappa shape index (κ1) is 21.1. The van der Waals surface area contributed by atoms with Crippen molar-refractivity contribution in [2.24, 2.45) is 0 Å². The van der Waals surface area contributed by atoms with Crippen LogP contribution in [0.5, 0.6) is 0 Å². The molecule has 6 nitrogen and oxygen atoms in total. The number of aryl methyl sites for hydroxylation is 1. The number of carbonyl (C=O) groups is 2. The van der Waals surface area contributed by atoms with Gasteiger partial charge in [-0.3, -0.25) is 20.4 Å². The summed E-state index contributed by atoms with van der Waals surface area (Å²) in [6.07, 6.45) is 0.909. The number of thiophene rings is 1. The molecule has 0 radical (unpaired) electrons. The molecule has 1 aliphatic heterocycles. The third-order valence-corrected chi connectivity index (χ3v) is 6.43. The number of carbonyl (C=O) groups excluding carboxylic acids is 2. The lowest BCUT2D eigenvalue weighted by molar-refractivity contribution is 0.0849. The molecule has 7 heteroatoms. The van der Waals surface area contributed by atoms with E-state index in [0.717, 1.165) is 41.2 Å². The molecule has 0 saturated carbocycles. The zero-order chi connectivity index (χ0) is 21.6. The Morgan fingerprint density at radius 3 is 2.32 bits per heavy atom. The summed E-state index contributed by atoms with van der Waals surface area (Å²) in [5, 5.41) is 1.04. The van der Waals surface area contributed by atoms with Crippen LogP contribution in [0.15, 0.2) is 60.7 Å². The number of amides is 2. The fourth-order valence-corrected chi connectivity index (χ4v) is 4.59. The fourth-order valence-electron chi connectivity index (χ4n) is 3.46. The van der Waals surface area contributed by atoms with Crippen molar-refractivity contribution in [3.8, 4) is 11.1 Å². The van der Waals surface area contributed by atoms with Crippen molar-refractivity contribution in [2.45, 2.75) is 13.3 Å². The van der Waals surface area contributed by atoms with Crippen molar-refractivity contribution < 1.29 is 14.3 Å². The normalized spacial score (nSPS) is 13.6. The molecule has 1 fully saturated rings. The van der Waals surface area contributed by atoms with Crippen molar-refractivity contribution in [1.29, 1.82) is 0 Å². The highest BCUT2D eigenvalue weighted by Crippen LogP contribution is 2.39. The standard InChI is InChI=1S/C24H25N3O3S/c1-2-17-8-10-19(11-9-17)22(28)25-26-23(29)21-16-20(18-6-4-3-5-7-18)24(31-21)27-12-14-30-15-13-27/h3-11,16H,2,12-15H2,1H3,(H,25,28)(H,26,29). The first-order valence-electron chi connectivity index (χ1n) is 10.4. The van der Waals surface area contributed by atoms with Gasteiger partial charge in [0.15, 0.2) is 0 Å². The van der Waals surface area contributed by atoms with E-state index >= 15 is 0 Å². The molecule has 2 amide bonds. The van der Waals surface area contributed by atoms with Crippen LogP contribution >= 0.6 is 11.3 Å². The molecule has 160 valence electrons. The number of hydrogen-bond acceptors (Lipinski definition) is 5. The molecule has 0 atom stereocenters. The van der Waals surface area contributed by atoms with Gasteiger partial charge in [-0.2, -0.15) is 0 Å². The molecule has 1 aliphatic rings. The molecule has 2 aromatic carbocycles. The Morgan fingerprint density at radius 2 is 1.65 bits per heavy atom. The minimum absolute atomic E-state index is 0.333.